The number of aryl methyl sites for hydroxylation is 1. The first kappa shape index (κ1) is 21.0. The fourth-order valence-electron chi connectivity index (χ4n) is 2.56. The number of thiophene rings is 1. The van der Waals surface area contributed by atoms with Gasteiger partial charge in [0.25, 0.3) is 5.91 Å². The molecule has 0 aliphatic rings. The maximum atomic E-state index is 14.1. The molecule has 8 nitrogen and oxygen atoms in total. The van der Waals surface area contributed by atoms with Gasteiger partial charge in [0.15, 0.2) is 5.82 Å². The minimum atomic E-state index is -5.70. The number of amides is 1. The third-order valence-electron chi connectivity index (χ3n) is 4.01. The molecule has 0 aliphatic heterocycles. The molecule has 2 heterocycles. The first-order valence-electron chi connectivity index (χ1n) is 7.74. The van der Waals surface area contributed by atoms with Crippen LogP contribution in [-0.2, 0) is 17.3 Å². The topological polar surface area (TPSA) is 117 Å². The van der Waals surface area contributed by atoms with Crippen LogP contribution in [0.4, 0.5) is 8.78 Å². The molecule has 1 atom stereocenters. The lowest BCUT2D eigenvalue weighted by Gasteiger charge is -2.16. The van der Waals surface area contributed by atoms with E-state index in [1.165, 1.54) is 24.5 Å². The fraction of sp³-hybridized carbons (Fsp3) is 0.267. The van der Waals surface area contributed by atoms with E-state index in [4.69, 9.17) is 9.79 Å². The van der Waals surface area contributed by atoms with Gasteiger partial charge in [-0.25, -0.2) is 0 Å². The summed E-state index contributed by atoms with van der Waals surface area (Å²) in [5.41, 5.74) is -4.14. The standard InChI is InChI=1S/C15H14BrF2N4O4PS/c1-7(13-21-19-6-22(13)2)20-14(23)8-3-4-10-9(5-8)11(16)12(28-10)15(17,18)27(24,25)26/h3-7H,1-2H3,(H,20,23)(H2,24,25,26). The van der Waals surface area contributed by atoms with E-state index >= 15 is 0 Å². The van der Waals surface area contributed by atoms with Gasteiger partial charge in [-0.15, -0.1) is 21.5 Å². The zero-order valence-electron chi connectivity index (χ0n) is 14.4. The molecule has 1 unspecified atom stereocenters. The average molecular weight is 495 g/mol. The number of carbonyl (C=O) groups excluding carboxylic acids is 1. The number of halogens is 3. The summed E-state index contributed by atoms with van der Waals surface area (Å²) in [6.45, 7) is 1.72. The monoisotopic (exact) mass is 494 g/mol. The van der Waals surface area contributed by atoms with Gasteiger partial charge in [-0.3, -0.25) is 9.36 Å². The van der Waals surface area contributed by atoms with E-state index in [-0.39, 0.29) is 15.4 Å². The number of carbonyl (C=O) groups is 1. The van der Waals surface area contributed by atoms with Gasteiger partial charge in [-0.1, -0.05) is 0 Å². The Morgan fingerprint density at radius 3 is 2.68 bits per heavy atom. The van der Waals surface area contributed by atoms with Crippen molar-refractivity contribution in [3.05, 3.63) is 45.3 Å². The summed E-state index contributed by atoms with van der Waals surface area (Å²) >= 11 is 3.54. The van der Waals surface area contributed by atoms with E-state index in [2.05, 4.69) is 31.4 Å². The van der Waals surface area contributed by atoms with E-state index in [9.17, 15) is 18.1 Å². The summed E-state index contributed by atoms with van der Waals surface area (Å²) in [6, 6.07) is 3.83. The average Bonchev–Trinajstić information content (AvgIpc) is 3.17. The van der Waals surface area contributed by atoms with Crippen LogP contribution in [0.3, 0.4) is 0 Å². The molecule has 0 aliphatic carbocycles. The zero-order chi connectivity index (χ0) is 20.9. The molecule has 0 saturated heterocycles. The maximum Gasteiger partial charge on any atom is 0.400 e. The quantitative estimate of drug-likeness (QED) is 0.467. The van der Waals surface area contributed by atoms with E-state index in [1.807, 2.05) is 0 Å². The summed E-state index contributed by atoms with van der Waals surface area (Å²) in [5, 5.41) is 10.7. The van der Waals surface area contributed by atoms with Crippen LogP contribution in [-0.4, -0.2) is 30.5 Å². The number of hydrogen-bond acceptors (Lipinski definition) is 5. The van der Waals surface area contributed by atoms with Crippen molar-refractivity contribution >= 4 is 50.9 Å². The lowest BCUT2D eigenvalue weighted by Crippen LogP contribution is -2.28. The first-order chi connectivity index (χ1) is 12.9. The normalized spacial score (nSPS) is 13.7. The summed E-state index contributed by atoms with van der Waals surface area (Å²) in [4.78, 5) is 29.7. The Morgan fingerprint density at radius 1 is 1.43 bits per heavy atom. The van der Waals surface area contributed by atoms with Crippen molar-refractivity contribution in [2.24, 2.45) is 7.05 Å². The van der Waals surface area contributed by atoms with Crippen molar-refractivity contribution in [1.29, 1.82) is 0 Å². The molecule has 0 saturated carbocycles. The minimum Gasteiger partial charge on any atom is -0.342 e. The third kappa shape index (κ3) is 3.62. The van der Waals surface area contributed by atoms with Crippen LogP contribution in [0, 0.1) is 0 Å². The van der Waals surface area contributed by atoms with Gasteiger partial charge >= 0.3 is 13.3 Å². The number of benzene rings is 1. The second-order valence-electron chi connectivity index (χ2n) is 6.04. The number of rotatable bonds is 5. The van der Waals surface area contributed by atoms with Gasteiger partial charge in [0.05, 0.1) is 6.04 Å². The van der Waals surface area contributed by atoms with Crippen molar-refractivity contribution in [3.8, 4) is 0 Å². The van der Waals surface area contributed by atoms with Crippen LogP contribution in [0.25, 0.3) is 10.1 Å². The highest BCUT2D eigenvalue weighted by atomic mass is 79.9. The van der Waals surface area contributed by atoms with Gasteiger partial charge in [0, 0.05) is 27.2 Å². The molecule has 2 aromatic heterocycles. The molecule has 1 amide bonds. The molecular formula is C15H14BrF2N4O4PS. The lowest BCUT2D eigenvalue weighted by atomic mass is 10.1. The summed E-state index contributed by atoms with van der Waals surface area (Å²) in [6.07, 6.45) is 1.50. The Morgan fingerprint density at radius 2 is 2.11 bits per heavy atom. The number of nitrogens with one attached hydrogen (secondary N) is 1. The molecule has 3 rings (SSSR count). The molecule has 1 aromatic carbocycles. The van der Waals surface area contributed by atoms with Crippen LogP contribution in [0.2, 0.25) is 0 Å². The van der Waals surface area contributed by atoms with Crippen molar-refractivity contribution in [2.75, 3.05) is 0 Å². The highest BCUT2D eigenvalue weighted by molar-refractivity contribution is 9.10. The minimum absolute atomic E-state index is 0.156. The highest BCUT2D eigenvalue weighted by Gasteiger charge is 2.53. The van der Waals surface area contributed by atoms with Crippen molar-refractivity contribution in [1.82, 2.24) is 20.1 Å². The largest absolute Gasteiger partial charge is 0.400 e. The van der Waals surface area contributed by atoms with E-state index in [1.54, 1.807) is 18.5 Å². The number of hydrogen-bond donors (Lipinski definition) is 3. The molecule has 150 valence electrons. The van der Waals surface area contributed by atoms with Crippen molar-refractivity contribution in [3.63, 3.8) is 0 Å². The predicted octanol–water partition coefficient (Wildman–Crippen LogP) is 3.51. The van der Waals surface area contributed by atoms with E-state index in [0.29, 0.717) is 21.9 Å². The molecule has 28 heavy (non-hydrogen) atoms. The first-order valence-corrected chi connectivity index (χ1v) is 11.0. The molecule has 3 aromatic rings. The van der Waals surface area contributed by atoms with Crippen LogP contribution >= 0.6 is 34.9 Å². The van der Waals surface area contributed by atoms with Gasteiger partial charge in [-0.2, -0.15) is 8.78 Å². The second-order valence-corrected chi connectivity index (χ2v) is 9.53. The lowest BCUT2D eigenvalue weighted by molar-refractivity contribution is 0.0595. The SMILES string of the molecule is CC(NC(=O)c1ccc2sc(C(F)(F)P(=O)(O)O)c(Br)c2c1)c1nncn1C. The third-order valence-corrected chi connectivity index (χ3v) is 7.44. The molecule has 13 heteroatoms. The Kier molecular flexibility index (Phi) is 5.45. The van der Waals surface area contributed by atoms with Crippen molar-refractivity contribution < 1.29 is 27.9 Å². The molecular weight excluding hydrogens is 481 g/mol. The van der Waals surface area contributed by atoms with Gasteiger partial charge in [-0.05, 0) is 41.1 Å². The number of fused-ring (bicyclic) bond motifs is 1. The number of nitrogens with zero attached hydrogens (tertiary/aromatic N) is 3. The van der Waals surface area contributed by atoms with Crippen LogP contribution in [0.1, 0.15) is 34.0 Å². The van der Waals surface area contributed by atoms with Gasteiger partial charge < -0.3 is 19.7 Å². The molecule has 0 bridgehead atoms. The zero-order valence-corrected chi connectivity index (χ0v) is 17.7. The summed E-state index contributed by atoms with van der Waals surface area (Å²) < 4.78 is 41.2. The fourth-order valence-corrected chi connectivity index (χ4v) is 5.49. The number of aromatic nitrogens is 3. The Hall–Kier alpha value is -1.72. The van der Waals surface area contributed by atoms with Crippen LogP contribution in [0.5, 0.6) is 0 Å². The Balaban J connectivity index is 1.94. The second kappa shape index (κ2) is 7.27. The summed E-state index contributed by atoms with van der Waals surface area (Å²) in [5.74, 6) is 0.0773. The van der Waals surface area contributed by atoms with Crippen molar-refractivity contribution in [2.45, 2.75) is 18.6 Å². The van der Waals surface area contributed by atoms with Gasteiger partial charge in [0.2, 0.25) is 0 Å². The molecule has 0 spiro atoms. The predicted molar refractivity (Wildman–Crippen MR) is 102 cm³/mol. The van der Waals surface area contributed by atoms with E-state index in [0.717, 1.165) is 0 Å². The number of alkyl halides is 2. The smallest absolute Gasteiger partial charge is 0.342 e. The Bertz CT molecular complexity index is 1110. The molecule has 0 fully saturated rings. The molecule has 0 radical (unpaired) electrons. The van der Waals surface area contributed by atoms with Gasteiger partial charge in [0.1, 0.15) is 11.2 Å². The molecule has 3 N–H and O–H groups in total. The van der Waals surface area contributed by atoms with E-state index < -0.39 is 30.1 Å². The Labute approximate surface area is 169 Å². The highest BCUT2D eigenvalue weighted by Crippen LogP contribution is 2.62. The van der Waals surface area contributed by atoms with Crippen LogP contribution in [0.15, 0.2) is 29.0 Å². The van der Waals surface area contributed by atoms with Crippen LogP contribution < -0.4 is 5.32 Å². The summed E-state index contributed by atoms with van der Waals surface area (Å²) in [7, 11) is -3.97. The maximum absolute atomic E-state index is 14.1.